The molecule has 0 fully saturated rings. The monoisotopic (exact) mass is 328 g/mol. The van der Waals surface area contributed by atoms with Crippen LogP contribution in [0.3, 0.4) is 0 Å². The molecule has 0 N–H and O–H groups in total. The predicted octanol–water partition coefficient (Wildman–Crippen LogP) is 3.38. The highest BCUT2D eigenvalue weighted by molar-refractivity contribution is 5.83. The third kappa shape index (κ3) is 5.70. The number of benzene rings is 1. The maximum atomic E-state index is 13.0. The van der Waals surface area contributed by atoms with Gasteiger partial charge in [0.05, 0.1) is 0 Å². The van der Waals surface area contributed by atoms with Gasteiger partial charge in [-0.3, -0.25) is 0 Å². The third-order valence-corrected chi connectivity index (χ3v) is 2.24. The van der Waals surface area contributed by atoms with E-state index in [-0.39, 0.29) is 5.75 Å². The molecule has 0 amide bonds. The van der Waals surface area contributed by atoms with Crippen LogP contribution in [0.2, 0.25) is 0 Å². The molecule has 0 unspecified atom stereocenters. The molecule has 0 saturated heterocycles. The van der Waals surface area contributed by atoms with Crippen LogP contribution in [0.1, 0.15) is 5.56 Å². The molecule has 0 radical (unpaired) electrons. The zero-order valence-electron chi connectivity index (χ0n) is 11.6. The SMILES string of the molecule is C=CC(=O)O/C=C\Oc1ccc(OC(=O)C=C)cc1C(F)(F)F. The maximum absolute atomic E-state index is 13.0. The van der Waals surface area contributed by atoms with Crippen molar-refractivity contribution in [1.29, 1.82) is 0 Å². The molecule has 8 heteroatoms. The first-order chi connectivity index (χ1) is 10.8. The maximum Gasteiger partial charge on any atom is 0.420 e. The first-order valence-corrected chi connectivity index (χ1v) is 5.98. The number of alkyl halides is 3. The lowest BCUT2D eigenvalue weighted by Gasteiger charge is -2.13. The minimum absolute atomic E-state index is 0.323. The number of rotatable bonds is 6. The molecule has 5 nitrogen and oxygen atoms in total. The second kappa shape index (κ2) is 7.83. The number of carbonyl (C=O) groups is 2. The summed E-state index contributed by atoms with van der Waals surface area (Å²) in [7, 11) is 0. The molecule has 23 heavy (non-hydrogen) atoms. The van der Waals surface area contributed by atoms with Crippen LogP contribution < -0.4 is 9.47 Å². The Labute approximate surface area is 129 Å². The van der Waals surface area contributed by atoms with Crippen LogP contribution in [-0.4, -0.2) is 11.9 Å². The predicted molar refractivity (Wildman–Crippen MR) is 73.3 cm³/mol. The Morgan fingerprint density at radius 1 is 1.04 bits per heavy atom. The van der Waals surface area contributed by atoms with Crippen molar-refractivity contribution in [3.05, 3.63) is 61.6 Å². The number of halogens is 3. The molecule has 1 aromatic rings. The molecular formula is C15H11F3O5. The van der Waals surface area contributed by atoms with Crippen LogP contribution in [0.25, 0.3) is 0 Å². The minimum Gasteiger partial charge on any atom is -0.461 e. The summed E-state index contributed by atoms with van der Waals surface area (Å²) in [6.45, 7) is 6.28. The van der Waals surface area contributed by atoms with Gasteiger partial charge in [0.25, 0.3) is 0 Å². The summed E-state index contributed by atoms with van der Waals surface area (Å²) >= 11 is 0. The third-order valence-electron chi connectivity index (χ3n) is 2.24. The van der Waals surface area contributed by atoms with Gasteiger partial charge >= 0.3 is 18.1 Å². The summed E-state index contributed by atoms with van der Waals surface area (Å²) in [4.78, 5) is 21.8. The molecule has 122 valence electrons. The Hall–Kier alpha value is -3.03. The van der Waals surface area contributed by atoms with Crippen molar-refractivity contribution in [3.63, 3.8) is 0 Å². The van der Waals surface area contributed by atoms with E-state index in [9.17, 15) is 22.8 Å². The molecule has 1 rings (SSSR count). The molecular weight excluding hydrogens is 317 g/mol. The van der Waals surface area contributed by atoms with Gasteiger partial charge in [-0.15, -0.1) is 0 Å². The van der Waals surface area contributed by atoms with Gasteiger partial charge in [-0.2, -0.15) is 13.2 Å². The topological polar surface area (TPSA) is 61.8 Å². The fourth-order valence-corrected chi connectivity index (χ4v) is 1.30. The number of hydrogen-bond donors (Lipinski definition) is 0. The highest BCUT2D eigenvalue weighted by atomic mass is 19.4. The van der Waals surface area contributed by atoms with Gasteiger partial charge in [0.15, 0.2) is 0 Å². The molecule has 0 aliphatic heterocycles. The molecule has 0 atom stereocenters. The second-order valence-corrected chi connectivity index (χ2v) is 3.81. The average Bonchev–Trinajstić information content (AvgIpc) is 2.51. The van der Waals surface area contributed by atoms with Crippen molar-refractivity contribution in [2.24, 2.45) is 0 Å². The first-order valence-electron chi connectivity index (χ1n) is 5.98. The van der Waals surface area contributed by atoms with Crippen molar-refractivity contribution in [1.82, 2.24) is 0 Å². The second-order valence-electron chi connectivity index (χ2n) is 3.81. The molecule has 0 aliphatic carbocycles. The standard InChI is InChI=1S/C15H11F3O5/c1-3-13(19)22-8-7-21-12-6-5-10(23-14(20)4-2)9-11(12)15(16,17)18/h3-9H,1-2H2/b8-7-. The van der Waals surface area contributed by atoms with Gasteiger partial charge in [0, 0.05) is 12.2 Å². The molecule has 0 heterocycles. The number of carbonyl (C=O) groups excluding carboxylic acids is 2. The summed E-state index contributed by atoms with van der Waals surface area (Å²) in [5.74, 6) is -2.59. The Morgan fingerprint density at radius 3 is 2.26 bits per heavy atom. The van der Waals surface area contributed by atoms with Crippen molar-refractivity contribution in [2.75, 3.05) is 0 Å². The van der Waals surface area contributed by atoms with Crippen LogP contribution >= 0.6 is 0 Å². The van der Waals surface area contributed by atoms with E-state index in [1.165, 1.54) is 0 Å². The fourth-order valence-electron chi connectivity index (χ4n) is 1.30. The zero-order valence-corrected chi connectivity index (χ0v) is 11.6. The molecule has 0 aromatic heterocycles. The van der Waals surface area contributed by atoms with Crippen LogP contribution in [0.5, 0.6) is 11.5 Å². The zero-order chi connectivity index (χ0) is 17.5. The molecule has 0 bridgehead atoms. The van der Waals surface area contributed by atoms with E-state index in [4.69, 9.17) is 4.74 Å². The first kappa shape index (κ1) is 18.0. The number of ether oxygens (including phenoxy) is 3. The Morgan fingerprint density at radius 2 is 1.70 bits per heavy atom. The lowest BCUT2D eigenvalue weighted by Crippen LogP contribution is -2.09. The fraction of sp³-hybridized carbons (Fsp3) is 0.0667. The lowest BCUT2D eigenvalue weighted by atomic mass is 10.2. The summed E-state index contributed by atoms with van der Waals surface area (Å²) < 4.78 is 52.7. The largest absolute Gasteiger partial charge is 0.461 e. The molecule has 0 spiro atoms. The summed E-state index contributed by atoms with van der Waals surface area (Å²) in [5.41, 5.74) is -1.17. The van der Waals surface area contributed by atoms with E-state index in [2.05, 4.69) is 22.6 Å². The normalized spacial score (nSPS) is 10.9. The van der Waals surface area contributed by atoms with E-state index in [0.717, 1.165) is 36.8 Å². The van der Waals surface area contributed by atoms with Gasteiger partial charge in [0.1, 0.15) is 29.6 Å². The van der Waals surface area contributed by atoms with Gasteiger partial charge in [-0.1, -0.05) is 13.2 Å². The van der Waals surface area contributed by atoms with E-state index in [0.29, 0.717) is 6.07 Å². The van der Waals surface area contributed by atoms with Crippen LogP contribution in [-0.2, 0) is 20.5 Å². The Kier molecular flexibility index (Phi) is 6.13. The van der Waals surface area contributed by atoms with Gasteiger partial charge in [-0.05, 0) is 18.2 Å². The van der Waals surface area contributed by atoms with E-state index in [1.54, 1.807) is 0 Å². The summed E-state index contributed by atoms with van der Waals surface area (Å²) in [6, 6.07) is 2.66. The van der Waals surface area contributed by atoms with E-state index >= 15 is 0 Å². The van der Waals surface area contributed by atoms with Gasteiger partial charge < -0.3 is 14.2 Å². The molecule has 1 aromatic carbocycles. The number of hydrogen-bond acceptors (Lipinski definition) is 5. The molecule has 0 saturated carbocycles. The quantitative estimate of drug-likeness (QED) is 0.347. The average molecular weight is 328 g/mol. The van der Waals surface area contributed by atoms with Crippen molar-refractivity contribution in [2.45, 2.75) is 6.18 Å². The van der Waals surface area contributed by atoms with Crippen LogP contribution in [0.4, 0.5) is 13.2 Å². The molecule has 0 aliphatic rings. The van der Waals surface area contributed by atoms with Crippen molar-refractivity contribution in [3.8, 4) is 11.5 Å². The Balaban J connectivity index is 2.98. The van der Waals surface area contributed by atoms with E-state index < -0.39 is 29.4 Å². The van der Waals surface area contributed by atoms with E-state index in [1.807, 2.05) is 0 Å². The number of esters is 2. The van der Waals surface area contributed by atoms with Gasteiger partial charge in [-0.25, -0.2) is 9.59 Å². The van der Waals surface area contributed by atoms with Gasteiger partial charge in [0.2, 0.25) is 0 Å². The summed E-state index contributed by atoms with van der Waals surface area (Å²) in [5, 5.41) is 0. The highest BCUT2D eigenvalue weighted by Gasteiger charge is 2.35. The lowest BCUT2D eigenvalue weighted by molar-refractivity contribution is -0.139. The van der Waals surface area contributed by atoms with Crippen molar-refractivity contribution >= 4 is 11.9 Å². The van der Waals surface area contributed by atoms with Crippen molar-refractivity contribution < 1.29 is 37.0 Å². The highest BCUT2D eigenvalue weighted by Crippen LogP contribution is 2.38. The van der Waals surface area contributed by atoms with Crippen LogP contribution in [0, 0.1) is 0 Å². The summed E-state index contributed by atoms with van der Waals surface area (Å²) in [6.07, 6.45) is -1.56. The minimum atomic E-state index is -4.75. The smallest absolute Gasteiger partial charge is 0.420 e. The van der Waals surface area contributed by atoms with Crippen LogP contribution in [0.15, 0.2) is 56.0 Å². The Bertz CT molecular complexity index is 647.